The van der Waals surface area contributed by atoms with Gasteiger partial charge in [0.2, 0.25) is 5.91 Å². The minimum atomic E-state index is -0.0660. The molecule has 0 saturated carbocycles. The topological polar surface area (TPSA) is 85.8 Å². The number of hydrogen-bond donors (Lipinski definition) is 2. The molecule has 2 rings (SSSR count). The van der Waals surface area contributed by atoms with Gasteiger partial charge in [-0.05, 0) is 17.9 Å². The molecule has 6 nitrogen and oxygen atoms in total. The van der Waals surface area contributed by atoms with Crippen LogP contribution in [0.15, 0.2) is 36.5 Å². The highest BCUT2D eigenvalue weighted by molar-refractivity contribution is 5.75. The minimum Gasteiger partial charge on any atom is -0.354 e. The van der Waals surface area contributed by atoms with Crippen molar-refractivity contribution in [1.29, 1.82) is 0 Å². The van der Waals surface area contributed by atoms with Gasteiger partial charge in [-0.1, -0.05) is 42.5 Å². The van der Waals surface area contributed by atoms with Crippen LogP contribution in [-0.2, 0) is 17.9 Å². The first kappa shape index (κ1) is 15.2. The maximum absolute atomic E-state index is 11.8. The van der Waals surface area contributed by atoms with E-state index in [-0.39, 0.29) is 12.5 Å². The highest BCUT2D eigenvalue weighted by Gasteiger charge is 2.07. The Morgan fingerprint density at radius 1 is 1.38 bits per heavy atom. The zero-order valence-corrected chi connectivity index (χ0v) is 12.2. The summed E-state index contributed by atoms with van der Waals surface area (Å²) in [5, 5.41) is 10.6. The highest BCUT2D eigenvalue weighted by atomic mass is 16.2. The van der Waals surface area contributed by atoms with E-state index in [0.717, 1.165) is 6.42 Å². The Labute approximate surface area is 124 Å². The number of benzene rings is 1. The molecule has 0 spiro atoms. The quantitative estimate of drug-likeness (QED) is 0.797. The number of nitrogens with zero attached hydrogens (tertiary/aromatic N) is 3. The van der Waals surface area contributed by atoms with E-state index in [1.165, 1.54) is 10.2 Å². The smallest absolute Gasteiger partial charge is 0.241 e. The Morgan fingerprint density at radius 3 is 2.81 bits per heavy atom. The minimum absolute atomic E-state index is 0.0660. The van der Waals surface area contributed by atoms with Gasteiger partial charge < -0.3 is 11.1 Å². The first-order valence-electron chi connectivity index (χ1n) is 7.09. The fraction of sp³-hybridized carbons (Fsp3) is 0.400. The summed E-state index contributed by atoms with van der Waals surface area (Å²) in [5.41, 5.74) is 7.41. The highest BCUT2D eigenvalue weighted by Crippen LogP contribution is 2.17. The van der Waals surface area contributed by atoms with Gasteiger partial charge in [0, 0.05) is 13.1 Å². The van der Waals surface area contributed by atoms with E-state index in [2.05, 4.69) is 34.7 Å². The van der Waals surface area contributed by atoms with Gasteiger partial charge in [0.05, 0.1) is 11.9 Å². The number of nitrogens with two attached hydrogens (primary N) is 1. The van der Waals surface area contributed by atoms with Crippen LogP contribution in [-0.4, -0.2) is 27.4 Å². The van der Waals surface area contributed by atoms with Gasteiger partial charge in [0.15, 0.2) is 0 Å². The molecule has 1 aromatic carbocycles. The predicted octanol–water partition coefficient (Wildman–Crippen LogP) is 1.05. The molecule has 1 heterocycles. The largest absolute Gasteiger partial charge is 0.354 e. The van der Waals surface area contributed by atoms with Crippen molar-refractivity contribution < 1.29 is 4.79 Å². The summed E-state index contributed by atoms with van der Waals surface area (Å²) in [6, 6.07) is 10.3. The van der Waals surface area contributed by atoms with E-state index in [1.54, 1.807) is 6.20 Å². The maximum atomic E-state index is 11.8. The Morgan fingerprint density at radius 2 is 2.14 bits per heavy atom. The standard InChI is InChI=1S/C15H21N5O/c1-12(13-5-3-2-4-6-13)7-8-17-15(21)11-20-10-14(9-16)18-19-20/h2-6,10,12H,7-9,11,16H2,1H3,(H,17,21). The summed E-state index contributed by atoms with van der Waals surface area (Å²) >= 11 is 0. The molecule has 112 valence electrons. The van der Waals surface area contributed by atoms with Crippen LogP contribution in [0, 0.1) is 0 Å². The van der Waals surface area contributed by atoms with Crippen LogP contribution in [0.25, 0.3) is 0 Å². The molecule has 1 atom stereocenters. The van der Waals surface area contributed by atoms with Crippen LogP contribution in [0.5, 0.6) is 0 Å². The summed E-state index contributed by atoms with van der Waals surface area (Å²) in [7, 11) is 0. The van der Waals surface area contributed by atoms with Gasteiger partial charge in [-0.2, -0.15) is 0 Å². The molecule has 0 radical (unpaired) electrons. The molecule has 0 bridgehead atoms. The lowest BCUT2D eigenvalue weighted by atomic mass is 9.98. The first-order valence-corrected chi connectivity index (χ1v) is 7.09. The van der Waals surface area contributed by atoms with Crippen molar-refractivity contribution in [1.82, 2.24) is 20.3 Å². The van der Waals surface area contributed by atoms with E-state index in [9.17, 15) is 4.79 Å². The molecule has 3 N–H and O–H groups in total. The van der Waals surface area contributed by atoms with Crippen molar-refractivity contribution in [2.75, 3.05) is 6.54 Å². The van der Waals surface area contributed by atoms with E-state index in [0.29, 0.717) is 24.7 Å². The molecule has 6 heteroatoms. The molecule has 0 saturated heterocycles. The van der Waals surface area contributed by atoms with Crippen LogP contribution >= 0.6 is 0 Å². The van der Waals surface area contributed by atoms with Gasteiger partial charge in [-0.15, -0.1) is 5.10 Å². The number of nitrogens with one attached hydrogen (secondary N) is 1. The van der Waals surface area contributed by atoms with Crippen molar-refractivity contribution in [2.24, 2.45) is 5.73 Å². The fourth-order valence-electron chi connectivity index (χ4n) is 2.09. The van der Waals surface area contributed by atoms with Crippen LogP contribution in [0.2, 0.25) is 0 Å². The lowest BCUT2D eigenvalue weighted by Gasteiger charge is -2.12. The number of rotatable bonds is 7. The Kier molecular flexibility index (Phi) is 5.45. The van der Waals surface area contributed by atoms with Gasteiger partial charge in [-0.25, -0.2) is 4.68 Å². The number of amides is 1. The van der Waals surface area contributed by atoms with Crippen molar-refractivity contribution in [3.8, 4) is 0 Å². The average Bonchev–Trinajstić information content (AvgIpc) is 2.95. The summed E-state index contributed by atoms with van der Waals surface area (Å²) in [4.78, 5) is 11.8. The lowest BCUT2D eigenvalue weighted by molar-refractivity contribution is -0.121. The van der Waals surface area contributed by atoms with E-state index in [4.69, 9.17) is 5.73 Å². The van der Waals surface area contributed by atoms with E-state index >= 15 is 0 Å². The average molecular weight is 287 g/mol. The molecule has 21 heavy (non-hydrogen) atoms. The summed E-state index contributed by atoms with van der Waals surface area (Å²) < 4.78 is 1.50. The van der Waals surface area contributed by atoms with Crippen molar-refractivity contribution in [3.05, 3.63) is 47.8 Å². The monoisotopic (exact) mass is 287 g/mol. The third-order valence-electron chi connectivity index (χ3n) is 3.37. The maximum Gasteiger partial charge on any atom is 0.241 e. The second kappa shape index (κ2) is 7.54. The summed E-state index contributed by atoms with van der Waals surface area (Å²) in [6.07, 6.45) is 2.59. The third kappa shape index (κ3) is 4.68. The van der Waals surface area contributed by atoms with Crippen molar-refractivity contribution >= 4 is 5.91 Å². The molecule has 1 aromatic heterocycles. The number of aromatic nitrogens is 3. The number of carbonyl (C=O) groups is 1. The fourth-order valence-corrected chi connectivity index (χ4v) is 2.09. The summed E-state index contributed by atoms with van der Waals surface area (Å²) in [6.45, 7) is 3.31. The molecule has 1 unspecified atom stereocenters. The SMILES string of the molecule is CC(CCNC(=O)Cn1cc(CN)nn1)c1ccccc1. The normalized spacial score (nSPS) is 12.1. The van der Waals surface area contributed by atoms with Crippen molar-refractivity contribution in [2.45, 2.75) is 32.4 Å². The molecule has 0 aliphatic carbocycles. The Hall–Kier alpha value is -2.21. The van der Waals surface area contributed by atoms with E-state index < -0.39 is 0 Å². The number of carbonyl (C=O) groups excluding carboxylic acids is 1. The summed E-state index contributed by atoms with van der Waals surface area (Å²) in [5.74, 6) is 0.352. The zero-order chi connectivity index (χ0) is 15.1. The Bertz CT molecular complexity index is 566. The predicted molar refractivity (Wildman–Crippen MR) is 80.4 cm³/mol. The van der Waals surface area contributed by atoms with Gasteiger partial charge >= 0.3 is 0 Å². The second-order valence-corrected chi connectivity index (χ2v) is 5.06. The Balaban J connectivity index is 1.72. The molecule has 0 fully saturated rings. The molecular weight excluding hydrogens is 266 g/mol. The second-order valence-electron chi connectivity index (χ2n) is 5.06. The van der Waals surface area contributed by atoms with Crippen molar-refractivity contribution in [3.63, 3.8) is 0 Å². The lowest BCUT2D eigenvalue weighted by Crippen LogP contribution is -2.29. The van der Waals surface area contributed by atoms with Crippen LogP contribution in [0.3, 0.4) is 0 Å². The van der Waals surface area contributed by atoms with Crippen LogP contribution in [0.1, 0.15) is 30.5 Å². The first-order chi connectivity index (χ1) is 10.2. The van der Waals surface area contributed by atoms with Gasteiger partial charge in [-0.3, -0.25) is 4.79 Å². The molecular formula is C15H21N5O. The zero-order valence-electron chi connectivity index (χ0n) is 12.2. The van der Waals surface area contributed by atoms with Crippen LogP contribution in [0.4, 0.5) is 0 Å². The molecule has 1 amide bonds. The molecule has 2 aromatic rings. The third-order valence-corrected chi connectivity index (χ3v) is 3.37. The van der Waals surface area contributed by atoms with E-state index in [1.807, 2.05) is 18.2 Å². The van der Waals surface area contributed by atoms with Gasteiger partial charge in [0.1, 0.15) is 6.54 Å². The number of hydrogen-bond acceptors (Lipinski definition) is 4. The molecule has 0 aliphatic heterocycles. The molecule has 0 aliphatic rings. The van der Waals surface area contributed by atoms with Crippen LogP contribution < -0.4 is 11.1 Å². The van der Waals surface area contributed by atoms with Gasteiger partial charge in [0.25, 0.3) is 0 Å².